The Labute approximate surface area is 134 Å². The van der Waals surface area contributed by atoms with Crippen LogP contribution in [0.4, 0.5) is 13.2 Å². The molecule has 0 spiro atoms. The minimum atomic E-state index is -0.595. The molecule has 0 bridgehead atoms. The molecule has 0 radical (unpaired) electrons. The lowest BCUT2D eigenvalue weighted by atomic mass is 9.98. The lowest BCUT2D eigenvalue weighted by Crippen LogP contribution is -2.21. The van der Waals surface area contributed by atoms with Crippen LogP contribution in [0.25, 0.3) is 0 Å². The standard InChI is InChI=1S/C15H12BrClF3N/c1-21-15(6-8-11(17)3-2-4-12(8)18)9-5-14(20)10(16)7-13(9)19/h2-5,7,15,21H,6H2,1H3. The predicted molar refractivity (Wildman–Crippen MR) is 81.0 cm³/mol. The van der Waals surface area contributed by atoms with Crippen LogP contribution in [0.15, 0.2) is 34.8 Å². The van der Waals surface area contributed by atoms with Crippen molar-refractivity contribution in [1.82, 2.24) is 5.32 Å². The number of nitrogens with one attached hydrogen (secondary N) is 1. The van der Waals surface area contributed by atoms with E-state index in [1.54, 1.807) is 13.1 Å². The van der Waals surface area contributed by atoms with Crippen LogP contribution in [-0.4, -0.2) is 7.05 Å². The van der Waals surface area contributed by atoms with Gasteiger partial charge < -0.3 is 5.32 Å². The van der Waals surface area contributed by atoms with E-state index < -0.39 is 23.5 Å². The zero-order valence-corrected chi connectivity index (χ0v) is 13.4. The summed E-state index contributed by atoms with van der Waals surface area (Å²) in [5.41, 5.74) is 0.388. The minimum absolute atomic E-state index is 0.0440. The molecule has 1 nitrogen and oxygen atoms in total. The summed E-state index contributed by atoms with van der Waals surface area (Å²) in [5.74, 6) is -1.62. The Morgan fingerprint density at radius 2 is 1.86 bits per heavy atom. The van der Waals surface area contributed by atoms with Crippen molar-refractivity contribution in [2.45, 2.75) is 12.5 Å². The maximum atomic E-state index is 14.0. The number of benzene rings is 2. The van der Waals surface area contributed by atoms with E-state index in [0.717, 1.165) is 12.1 Å². The second kappa shape index (κ2) is 6.81. The van der Waals surface area contributed by atoms with E-state index >= 15 is 0 Å². The summed E-state index contributed by atoms with van der Waals surface area (Å²) in [6.45, 7) is 0. The van der Waals surface area contributed by atoms with Gasteiger partial charge in [-0.15, -0.1) is 0 Å². The monoisotopic (exact) mass is 377 g/mol. The molecule has 0 saturated heterocycles. The molecular weight excluding hydrogens is 367 g/mol. The first kappa shape index (κ1) is 16.3. The molecule has 0 saturated carbocycles. The van der Waals surface area contributed by atoms with Gasteiger partial charge in [-0.1, -0.05) is 17.7 Å². The van der Waals surface area contributed by atoms with Gasteiger partial charge >= 0.3 is 0 Å². The van der Waals surface area contributed by atoms with Crippen LogP contribution in [0.3, 0.4) is 0 Å². The van der Waals surface area contributed by atoms with Crippen LogP contribution in [0.2, 0.25) is 5.02 Å². The van der Waals surface area contributed by atoms with E-state index in [4.69, 9.17) is 11.6 Å². The fourth-order valence-electron chi connectivity index (χ4n) is 2.10. The molecule has 0 heterocycles. The maximum absolute atomic E-state index is 14.0. The van der Waals surface area contributed by atoms with Crippen LogP contribution in [0, 0.1) is 17.5 Å². The van der Waals surface area contributed by atoms with Crippen molar-refractivity contribution >= 4 is 27.5 Å². The molecule has 6 heteroatoms. The van der Waals surface area contributed by atoms with Gasteiger partial charge in [0.15, 0.2) is 0 Å². The Hall–Kier alpha value is -1.04. The van der Waals surface area contributed by atoms with Gasteiger partial charge in [-0.05, 0) is 53.7 Å². The third kappa shape index (κ3) is 3.59. The average molecular weight is 379 g/mol. The van der Waals surface area contributed by atoms with Crippen LogP contribution in [0.1, 0.15) is 17.2 Å². The molecule has 0 aromatic heterocycles. The van der Waals surface area contributed by atoms with Crippen molar-refractivity contribution in [2.24, 2.45) is 0 Å². The molecule has 1 unspecified atom stereocenters. The summed E-state index contributed by atoms with van der Waals surface area (Å²) in [5, 5.41) is 3.12. The molecule has 0 fully saturated rings. The molecule has 0 aliphatic heterocycles. The van der Waals surface area contributed by atoms with Crippen molar-refractivity contribution in [3.05, 3.63) is 68.4 Å². The van der Waals surface area contributed by atoms with E-state index in [0.29, 0.717) is 0 Å². The summed E-state index contributed by atoms with van der Waals surface area (Å²) < 4.78 is 41.5. The predicted octanol–water partition coefficient (Wildman–Crippen LogP) is 5.02. The summed E-state index contributed by atoms with van der Waals surface area (Å²) in [6.07, 6.45) is 0.111. The van der Waals surface area contributed by atoms with Gasteiger partial charge in [0.1, 0.15) is 17.5 Å². The summed E-state index contributed by atoms with van der Waals surface area (Å²) in [7, 11) is 1.60. The highest BCUT2D eigenvalue weighted by Crippen LogP contribution is 2.29. The van der Waals surface area contributed by atoms with Gasteiger partial charge in [-0.25, -0.2) is 13.2 Å². The van der Waals surface area contributed by atoms with Gasteiger partial charge in [0.25, 0.3) is 0 Å². The first-order valence-electron chi connectivity index (χ1n) is 6.18. The fraction of sp³-hybridized carbons (Fsp3) is 0.200. The highest BCUT2D eigenvalue weighted by atomic mass is 79.9. The Bertz CT molecular complexity index is 643. The van der Waals surface area contributed by atoms with E-state index in [-0.39, 0.29) is 27.0 Å². The Morgan fingerprint density at radius 1 is 1.14 bits per heavy atom. The van der Waals surface area contributed by atoms with Gasteiger partial charge in [0.2, 0.25) is 0 Å². The first-order chi connectivity index (χ1) is 9.93. The first-order valence-corrected chi connectivity index (χ1v) is 7.35. The van der Waals surface area contributed by atoms with Gasteiger partial charge in [-0.3, -0.25) is 0 Å². The molecular formula is C15H12BrClF3N. The van der Waals surface area contributed by atoms with Gasteiger partial charge in [0, 0.05) is 22.2 Å². The topological polar surface area (TPSA) is 12.0 Å². The van der Waals surface area contributed by atoms with Crippen molar-refractivity contribution < 1.29 is 13.2 Å². The smallest absolute Gasteiger partial charge is 0.137 e. The molecule has 112 valence electrons. The maximum Gasteiger partial charge on any atom is 0.137 e. The van der Waals surface area contributed by atoms with Crippen LogP contribution in [-0.2, 0) is 6.42 Å². The van der Waals surface area contributed by atoms with Crippen LogP contribution < -0.4 is 5.32 Å². The fourth-order valence-corrected chi connectivity index (χ4v) is 2.66. The zero-order chi connectivity index (χ0) is 15.6. The second-order valence-corrected chi connectivity index (χ2v) is 5.79. The van der Waals surface area contributed by atoms with Gasteiger partial charge in [0.05, 0.1) is 4.47 Å². The molecule has 2 aromatic rings. The highest BCUT2D eigenvalue weighted by Gasteiger charge is 2.20. The third-order valence-corrected chi connectivity index (χ3v) is 4.20. The van der Waals surface area contributed by atoms with Gasteiger partial charge in [-0.2, -0.15) is 0 Å². The normalized spacial score (nSPS) is 12.5. The SMILES string of the molecule is CNC(Cc1c(F)cccc1Cl)c1cc(F)c(Br)cc1F. The second-order valence-electron chi connectivity index (χ2n) is 4.53. The number of hydrogen-bond acceptors (Lipinski definition) is 1. The third-order valence-electron chi connectivity index (χ3n) is 3.23. The van der Waals surface area contributed by atoms with E-state index in [1.807, 2.05) is 0 Å². The molecule has 2 rings (SSSR count). The van der Waals surface area contributed by atoms with Crippen LogP contribution in [0.5, 0.6) is 0 Å². The summed E-state index contributed by atoms with van der Waals surface area (Å²) in [4.78, 5) is 0. The Kier molecular flexibility index (Phi) is 5.30. The van der Waals surface area contributed by atoms with E-state index in [2.05, 4.69) is 21.2 Å². The molecule has 21 heavy (non-hydrogen) atoms. The number of halogens is 5. The molecule has 0 amide bonds. The lowest BCUT2D eigenvalue weighted by molar-refractivity contribution is 0.510. The Morgan fingerprint density at radius 3 is 2.48 bits per heavy atom. The molecule has 1 N–H and O–H groups in total. The Balaban J connectivity index is 2.39. The highest BCUT2D eigenvalue weighted by molar-refractivity contribution is 9.10. The van der Waals surface area contributed by atoms with Crippen molar-refractivity contribution in [2.75, 3.05) is 7.05 Å². The van der Waals surface area contributed by atoms with Crippen molar-refractivity contribution in [3.8, 4) is 0 Å². The number of rotatable bonds is 4. The molecule has 2 aromatic carbocycles. The largest absolute Gasteiger partial charge is 0.313 e. The van der Waals surface area contributed by atoms with Crippen molar-refractivity contribution in [1.29, 1.82) is 0 Å². The lowest BCUT2D eigenvalue weighted by Gasteiger charge is -2.19. The molecule has 0 aliphatic rings. The van der Waals surface area contributed by atoms with Crippen LogP contribution >= 0.6 is 27.5 Å². The van der Waals surface area contributed by atoms with Crippen molar-refractivity contribution in [3.63, 3.8) is 0 Å². The minimum Gasteiger partial charge on any atom is -0.313 e. The van der Waals surface area contributed by atoms with E-state index in [9.17, 15) is 13.2 Å². The zero-order valence-electron chi connectivity index (χ0n) is 11.1. The summed E-state index contributed by atoms with van der Waals surface area (Å²) in [6, 6.07) is 5.89. The van der Waals surface area contributed by atoms with E-state index in [1.165, 1.54) is 12.1 Å². The average Bonchev–Trinajstić information content (AvgIpc) is 2.43. The number of likely N-dealkylation sites (N-methyl/N-ethyl adjacent to an activating group) is 1. The summed E-state index contributed by atoms with van der Waals surface area (Å²) >= 11 is 8.90. The molecule has 0 aliphatic carbocycles. The molecule has 1 atom stereocenters. The number of hydrogen-bond donors (Lipinski definition) is 1. The quantitative estimate of drug-likeness (QED) is 0.736.